The van der Waals surface area contributed by atoms with Crippen molar-refractivity contribution in [2.45, 2.75) is 6.42 Å². The highest BCUT2D eigenvalue weighted by molar-refractivity contribution is 6.05. The zero-order chi connectivity index (χ0) is 18.1. The van der Waals surface area contributed by atoms with Crippen molar-refractivity contribution >= 4 is 17.9 Å². The van der Waals surface area contributed by atoms with Crippen LogP contribution in [0, 0.1) is 0 Å². The Balaban J connectivity index is 2.05. The van der Waals surface area contributed by atoms with E-state index in [2.05, 4.69) is 24.7 Å². The maximum Gasteiger partial charge on any atom is 0.267 e. The van der Waals surface area contributed by atoms with Gasteiger partial charge in [0.15, 0.2) is 0 Å². The third-order valence-corrected chi connectivity index (χ3v) is 3.50. The Morgan fingerprint density at radius 1 is 1.12 bits per heavy atom. The molecule has 2 rings (SSSR count). The molecule has 0 aliphatic heterocycles. The second kappa shape index (κ2) is 9.44. The summed E-state index contributed by atoms with van der Waals surface area (Å²) in [5.74, 6) is -0.183. The summed E-state index contributed by atoms with van der Waals surface area (Å²) in [6.45, 7) is 1.49. The van der Waals surface area contributed by atoms with Gasteiger partial charge in [-0.05, 0) is 24.3 Å². The molecular formula is C19H24N3O3+. The number of hydrogen-bond acceptors (Lipinski definition) is 3. The summed E-state index contributed by atoms with van der Waals surface area (Å²) in [6.07, 6.45) is 3.89. The molecule has 3 N–H and O–H groups in total. The SMILES string of the molecule is C[NH+](C)CCCNC(=O)/C(=C/c1ccco1)NC(=O)c1ccccc1. The lowest BCUT2D eigenvalue weighted by atomic mass is 10.2. The molecule has 0 spiro atoms. The van der Waals surface area contributed by atoms with Gasteiger partial charge in [0.2, 0.25) is 0 Å². The van der Waals surface area contributed by atoms with Crippen molar-refractivity contribution in [3.05, 3.63) is 65.7 Å². The van der Waals surface area contributed by atoms with E-state index in [1.54, 1.807) is 36.4 Å². The van der Waals surface area contributed by atoms with Crippen molar-refractivity contribution in [1.82, 2.24) is 10.6 Å². The Labute approximate surface area is 147 Å². The first-order valence-corrected chi connectivity index (χ1v) is 8.25. The molecule has 132 valence electrons. The van der Waals surface area contributed by atoms with Crippen LogP contribution in [0.1, 0.15) is 22.5 Å². The fourth-order valence-electron chi connectivity index (χ4n) is 2.20. The van der Waals surface area contributed by atoms with Crippen LogP contribution in [0.15, 0.2) is 58.8 Å². The average Bonchev–Trinajstić information content (AvgIpc) is 3.11. The molecule has 0 saturated heterocycles. The van der Waals surface area contributed by atoms with Crippen molar-refractivity contribution in [3.63, 3.8) is 0 Å². The molecule has 0 atom stereocenters. The molecule has 25 heavy (non-hydrogen) atoms. The molecule has 0 fully saturated rings. The maximum atomic E-state index is 12.4. The first kappa shape index (κ1) is 18.5. The van der Waals surface area contributed by atoms with Crippen LogP contribution in [0.4, 0.5) is 0 Å². The molecule has 0 saturated carbocycles. The maximum absolute atomic E-state index is 12.4. The highest BCUT2D eigenvalue weighted by Crippen LogP contribution is 2.07. The number of carbonyl (C=O) groups excluding carboxylic acids is 2. The van der Waals surface area contributed by atoms with Crippen LogP contribution in [0.2, 0.25) is 0 Å². The van der Waals surface area contributed by atoms with Crippen LogP contribution < -0.4 is 15.5 Å². The molecule has 0 radical (unpaired) electrons. The van der Waals surface area contributed by atoms with E-state index in [9.17, 15) is 9.59 Å². The number of carbonyl (C=O) groups is 2. The fraction of sp³-hybridized carbons (Fsp3) is 0.263. The zero-order valence-electron chi connectivity index (χ0n) is 14.5. The van der Waals surface area contributed by atoms with Crippen LogP contribution in [0.5, 0.6) is 0 Å². The lowest BCUT2D eigenvalue weighted by molar-refractivity contribution is -0.858. The number of furan rings is 1. The van der Waals surface area contributed by atoms with E-state index in [-0.39, 0.29) is 17.5 Å². The van der Waals surface area contributed by atoms with Gasteiger partial charge >= 0.3 is 0 Å². The molecule has 1 aromatic heterocycles. The topological polar surface area (TPSA) is 75.8 Å². The van der Waals surface area contributed by atoms with Gasteiger partial charge in [0.25, 0.3) is 11.8 Å². The van der Waals surface area contributed by atoms with Gasteiger partial charge in [0.05, 0.1) is 26.9 Å². The van der Waals surface area contributed by atoms with E-state index in [0.717, 1.165) is 13.0 Å². The normalized spacial score (nSPS) is 11.4. The Kier molecular flexibility index (Phi) is 6.98. The quantitative estimate of drug-likeness (QED) is 0.488. The van der Waals surface area contributed by atoms with Gasteiger partial charge in [-0.15, -0.1) is 0 Å². The van der Waals surface area contributed by atoms with Crippen molar-refractivity contribution < 1.29 is 18.9 Å². The molecule has 1 aromatic carbocycles. The van der Waals surface area contributed by atoms with Gasteiger partial charge in [-0.25, -0.2) is 0 Å². The number of rotatable bonds is 8. The summed E-state index contributed by atoms with van der Waals surface area (Å²) in [5, 5.41) is 5.50. The van der Waals surface area contributed by atoms with Gasteiger partial charge in [-0.2, -0.15) is 0 Å². The summed E-state index contributed by atoms with van der Waals surface area (Å²) >= 11 is 0. The Hall–Kier alpha value is -2.86. The Morgan fingerprint density at radius 3 is 2.52 bits per heavy atom. The number of benzene rings is 1. The third-order valence-electron chi connectivity index (χ3n) is 3.50. The Morgan fingerprint density at radius 2 is 1.88 bits per heavy atom. The van der Waals surface area contributed by atoms with Crippen molar-refractivity contribution in [3.8, 4) is 0 Å². The van der Waals surface area contributed by atoms with E-state index in [4.69, 9.17) is 4.42 Å². The molecule has 1 heterocycles. The van der Waals surface area contributed by atoms with Gasteiger partial charge in [0.1, 0.15) is 11.5 Å². The van der Waals surface area contributed by atoms with E-state index in [1.807, 2.05) is 6.07 Å². The largest absolute Gasteiger partial charge is 0.465 e. The number of nitrogens with one attached hydrogen (secondary N) is 3. The number of quaternary nitrogens is 1. The third kappa shape index (κ3) is 6.27. The van der Waals surface area contributed by atoms with Crippen LogP contribution in [-0.4, -0.2) is 39.0 Å². The summed E-state index contributed by atoms with van der Waals surface area (Å²) < 4.78 is 5.25. The summed E-state index contributed by atoms with van der Waals surface area (Å²) in [6, 6.07) is 12.2. The van der Waals surface area contributed by atoms with E-state index in [1.165, 1.54) is 17.2 Å². The molecule has 0 aliphatic rings. The van der Waals surface area contributed by atoms with Gasteiger partial charge in [-0.3, -0.25) is 9.59 Å². The van der Waals surface area contributed by atoms with Crippen molar-refractivity contribution in [2.75, 3.05) is 27.2 Å². The Bertz CT molecular complexity index is 707. The van der Waals surface area contributed by atoms with Crippen LogP contribution >= 0.6 is 0 Å². The predicted octanol–water partition coefficient (Wildman–Crippen LogP) is 0.701. The summed E-state index contributed by atoms with van der Waals surface area (Å²) in [5.41, 5.74) is 0.637. The summed E-state index contributed by atoms with van der Waals surface area (Å²) in [4.78, 5) is 26.1. The molecule has 0 aliphatic carbocycles. The van der Waals surface area contributed by atoms with Crippen molar-refractivity contribution in [1.29, 1.82) is 0 Å². The average molecular weight is 342 g/mol. The molecular weight excluding hydrogens is 318 g/mol. The minimum absolute atomic E-state index is 0.154. The first-order valence-electron chi connectivity index (χ1n) is 8.25. The highest BCUT2D eigenvalue weighted by Gasteiger charge is 2.15. The van der Waals surface area contributed by atoms with Gasteiger partial charge < -0.3 is 20.0 Å². The molecule has 0 bridgehead atoms. The molecule has 2 aromatic rings. The van der Waals surface area contributed by atoms with Crippen LogP contribution in [0.25, 0.3) is 6.08 Å². The minimum Gasteiger partial charge on any atom is -0.465 e. The van der Waals surface area contributed by atoms with Crippen LogP contribution in [0.3, 0.4) is 0 Å². The molecule has 0 unspecified atom stereocenters. The second-order valence-corrected chi connectivity index (χ2v) is 5.96. The molecule has 6 heteroatoms. The first-order chi connectivity index (χ1) is 12.1. The molecule has 2 amide bonds. The zero-order valence-corrected chi connectivity index (χ0v) is 14.5. The predicted molar refractivity (Wildman–Crippen MR) is 95.9 cm³/mol. The smallest absolute Gasteiger partial charge is 0.267 e. The monoisotopic (exact) mass is 342 g/mol. The van der Waals surface area contributed by atoms with E-state index >= 15 is 0 Å². The lowest BCUT2D eigenvalue weighted by Crippen LogP contribution is -3.05. The van der Waals surface area contributed by atoms with E-state index < -0.39 is 0 Å². The molecule has 6 nitrogen and oxygen atoms in total. The fourth-order valence-corrected chi connectivity index (χ4v) is 2.20. The van der Waals surface area contributed by atoms with Crippen LogP contribution in [-0.2, 0) is 4.79 Å². The number of hydrogen-bond donors (Lipinski definition) is 3. The second-order valence-electron chi connectivity index (χ2n) is 5.96. The van der Waals surface area contributed by atoms with Crippen molar-refractivity contribution in [2.24, 2.45) is 0 Å². The summed E-state index contributed by atoms with van der Waals surface area (Å²) in [7, 11) is 4.12. The minimum atomic E-state index is -0.341. The highest BCUT2D eigenvalue weighted by atomic mass is 16.3. The number of amides is 2. The standard InChI is InChI=1S/C19H23N3O3/c1-22(2)12-7-11-20-19(24)17(14-16-10-6-13-25-16)21-18(23)15-8-4-3-5-9-15/h3-6,8-10,13-14H,7,11-12H2,1-2H3,(H,20,24)(H,21,23)/p+1/b17-14-. The van der Waals surface area contributed by atoms with Gasteiger partial charge in [0, 0.05) is 24.6 Å². The van der Waals surface area contributed by atoms with Gasteiger partial charge in [-0.1, -0.05) is 18.2 Å². The van der Waals surface area contributed by atoms with E-state index in [0.29, 0.717) is 17.9 Å². The lowest BCUT2D eigenvalue weighted by Gasteiger charge is -2.11.